The van der Waals surface area contributed by atoms with Crippen LogP contribution in [-0.4, -0.2) is 25.9 Å². The van der Waals surface area contributed by atoms with Crippen LogP contribution in [0.2, 0.25) is 5.02 Å². The molecule has 7 nitrogen and oxygen atoms in total. The highest BCUT2D eigenvalue weighted by Gasteiger charge is 2.15. The number of hydrogen-bond donors (Lipinski definition) is 1. The van der Waals surface area contributed by atoms with Gasteiger partial charge in [-0.25, -0.2) is 0 Å². The van der Waals surface area contributed by atoms with Gasteiger partial charge in [-0.2, -0.15) is 5.10 Å². The first-order valence-corrected chi connectivity index (χ1v) is 8.03. The number of hydrogen-bond acceptors (Lipinski definition) is 5. The summed E-state index contributed by atoms with van der Waals surface area (Å²) in [6, 6.07) is 9.16. The zero-order chi connectivity index (χ0) is 17.8. The summed E-state index contributed by atoms with van der Waals surface area (Å²) in [7, 11) is 0. The second-order valence-electron chi connectivity index (χ2n) is 5.51. The predicted molar refractivity (Wildman–Crippen MR) is 95.0 cm³/mol. The van der Waals surface area contributed by atoms with Gasteiger partial charge in [-0.1, -0.05) is 34.9 Å². The van der Waals surface area contributed by atoms with Gasteiger partial charge >= 0.3 is 6.01 Å². The van der Waals surface area contributed by atoms with E-state index in [2.05, 4.69) is 20.6 Å². The number of halogens is 1. The van der Waals surface area contributed by atoms with Gasteiger partial charge in [0, 0.05) is 23.3 Å². The smallest absolute Gasteiger partial charge is 0.322 e. The van der Waals surface area contributed by atoms with Gasteiger partial charge in [0.25, 0.3) is 11.8 Å². The van der Waals surface area contributed by atoms with Gasteiger partial charge in [0.15, 0.2) is 0 Å². The Morgan fingerprint density at radius 3 is 2.84 bits per heavy atom. The van der Waals surface area contributed by atoms with Gasteiger partial charge in [0.2, 0.25) is 0 Å². The monoisotopic (exact) mass is 357 g/mol. The molecule has 0 unspecified atom stereocenters. The number of carbonyl (C=O) groups is 1. The maximum atomic E-state index is 12.0. The van der Waals surface area contributed by atoms with Crippen LogP contribution in [0.25, 0.3) is 17.7 Å². The molecular weight excluding hydrogens is 342 g/mol. The highest BCUT2D eigenvalue weighted by Crippen LogP contribution is 2.22. The molecule has 0 bridgehead atoms. The molecule has 0 saturated heterocycles. The third-order valence-corrected chi connectivity index (χ3v) is 3.70. The molecule has 2 heterocycles. The number of nitrogens with one attached hydrogen (secondary N) is 1. The summed E-state index contributed by atoms with van der Waals surface area (Å²) >= 11 is 6.04. The molecule has 25 heavy (non-hydrogen) atoms. The summed E-state index contributed by atoms with van der Waals surface area (Å²) in [6.07, 6.45) is 4.62. The topological polar surface area (TPSA) is 85.8 Å². The van der Waals surface area contributed by atoms with Crippen LogP contribution >= 0.6 is 11.6 Å². The lowest BCUT2D eigenvalue weighted by molar-refractivity contribution is -0.112. The highest BCUT2D eigenvalue weighted by atomic mass is 35.5. The quantitative estimate of drug-likeness (QED) is 0.701. The van der Waals surface area contributed by atoms with Crippen molar-refractivity contribution in [2.24, 2.45) is 0 Å². The zero-order valence-electron chi connectivity index (χ0n) is 13.7. The number of aromatic nitrogens is 4. The van der Waals surface area contributed by atoms with Crippen LogP contribution in [0.5, 0.6) is 0 Å². The Kier molecular flexibility index (Phi) is 4.95. The van der Waals surface area contributed by atoms with Crippen LogP contribution in [0.4, 0.5) is 6.01 Å². The minimum atomic E-state index is -0.396. The van der Waals surface area contributed by atoms with E-state index in [4.69, 9.17) is 16.0 Å². The molecule has 2 aromatic heterocycles. The van der Waals surface area contributed by atoms with E-state index in [1.807, 2.05) is 32.0 Å². The second kappa shape index (κ2) is 7.31. The molecule has 8 heteroatoms. The molecule has 0 atom stereocenters. The van der Waals surface area contributed by atoms with Crippen molar-refractivity contribution in [1.82, 2.24) is 20.0 Å². The Bertz CT molecular complexity index is 913. The fourth-order valence-corrected chi connectivity index (χ4v) is 2.39. The van der Waals surface area contributed by atoms with Gasteiger partial charge in [-0.15, -0.1) is 5.10 Å². The third-order valence-electron chi connectivity index (χ3n) is 3.35. The molecule has 0 spiro atoms. The largest absolute Gasteiger partial charge is 0.401 e. The van der Waals surface area contributed by atoms with Crippen molar-refractivity contribution >= 4 is 29.6 Å². The summed E-state index contributed by atoms with van der Waals surface area (Å²) < 4.78 is 7.25. The summed E-state index contributed by atoms with van der Waals surface area (Å²) in [4.78, 5) is 12.0. The Hall–Kier alpha value is -2.93. The molecule has 1 amide bonds. The molecule has 1 N–H and O–H groups in total. The van der Waals surface area contributed by atoms with E-state index in [1.165, 1.54) is 6.08 Å². The van der Waals surface area contributed by atoms with E-state index in [0.717, 1.165) is 5.56 Å². The van der Waals surface area contributed by atoms with Crippen molar-refractivity contribution in [2.45, 2.75) is 19.9 Å². The molecule has 3 rings (SSSR count). The van der Waals surface area contributed by atoms with Crippen molar-refractivity contribution in [2.75, 3.05) is 5.32 Å². The van der Waals surface area contributed by atoms with Gasteiger partial charge in [-0.05, 0) is 37.6 Å². The first kappa shape index (κ1) is 16.9. The van der Waals surface area contributed by atoms with E-state index in [0.29, 0.717) is 10.7 Å². The zero-order valence-corrected chi connectivity index (χ0v) is 14.4. The molecule has 0 saturated carbocycles. The number of amides is 1. The average molecular weight is 358 g/mol. The molecule has 0 aliphatic heterocycles. The molecule has 0 aliphatic rings. The van der Waals surface area contributed by atoms with Crippen LogP contribution in [0.15, 0.2) is 47.0 Å². The average Bonchev–Trinajstić information content (AvgIpc) is 3.22. The van der Waals surface area contributed by atoms with Crippen LogP contribution in [0.1, 0.15) is 25.5 Å². The number of benzene rings is 1. The van der Waals surface area contributed by atoms with Gasteiger partial charge < -0.3 is 4.42 Å². The van der Waals surface area contributed by atoms with E-state index >= 15 is 0 Å². The van der Waals surface area contributed by atoms with E-state index in [-0.39, 0.29) is 17.9 Å². The van der Waals surface area contributed by atoms with Crippen molar-refractivity contribution in [3.63, 3.8) is 0 Å². The van der Waals surface area contributed by atoms with Crippen molar-refractivity contribution in [1.29, 1.82) is 0 Å². The maximum absolute atomic E-state index is 12.0. The number of rotatable bonds is 5. The molecule has 0 radical (unpaired) electrons. The third kappa shape index (κ3) is 3.95. The van der Waals surface area contributed by atoms with Crippen molar-refractivity contribution < 1.29 is 9.21 Å². The van der Waals surface area contributed by atoms with Crippen LogP contribution in [0.3, 0.4) is 0 Å². The summed E-state index contributed by atoms with van der Waals surface area (Å²) in [5.74, 6) is -0.107. The first-order chi connectivity index (χ1) is 12.0. The lowest BCUT2D eigenvalue weighted by Gasteiger charge is -2.07. The van der Waals surface area contributed by atoms with E-state index in [1.54, 1.807) is 29.1 Å². The fraction of sp³-hybridized carbons (Fsp3) is 0.176. The molecular formula is C17H16ClN5O2. The van der Waals surface area contributed by atoms with Crippen molar-refractivity contribution in [3.8, 4) is 11.6 Å². The van der Waals surface area contributed by atoms with Crippen LogP contribution in [-0.2, 0) is 4.79 Å². The lowest BCUT2D eigenvalue weighted by atomic mass is 10.2. The molecule has 128 valence electrons. The lowest BCUT2D eigenvalue weighted by Crippen LogP contribution is -2.07. The van der Waals surface area contributed by atoms with Crippen LogP contribution < -0.4 is 5.32 Å². The van der Waals surface area contributed by atoms with E-state index < -0.39 is 5.91 Å². The highest BCUT2D eigenvalue weighted by molar-refractivity contribution is 6.32. The molecule has 1 aromatic carbocycles. The minimum absolute atomic E-state index is 0.0142. The first-order valence-electron chi connectivity index (χ1n) is 7.65. The van der Waals surface area contributed by atoms with Crippen LogP contribution in [0, 0.1) is 0 Å². The SMILES string of the molecule is CC(C)n1nccc1-c1nnc(NC(=O)/C=C/c2ccccc2Cl)o1. The summed E-state index contributed by atoms with van der Waals surface area (Å²) in [5, 5.41) is 15.1. The van der Waals surface area contributed by atoms with Gasteiger partial charge in [0.1, 0.15) is 5.69 Å². The summed E-state index contributed by atoms with van der Waals surface area (Å²) in [6.45, 7) is 3.99. The van der Waals surface area contributed by atoms with E-state index in [9.17, 15) is 4.79 Å². The number of anilines is 1. The Morgan fingerprint density at radius 1 is 1.28 bits per heavy atom. The molecule has 0 aliphatic carbocycles. The second-order valence-corrected chi connectivity index (χ2v) is 5.92. The van der Waals surface area contributed by atoms with Gasteiger partial charge in [0.05, 0.1) is 0 Å². The van der Waals surface area contributed by atoms with Gasteiger partial charge in [-0.3, -0.25) is 14.8 Å². The molecule has 0 fully saturated rings. The number of nitrogens with zero attached hydrogens (tertiary/aromatic N) is 4. The number of carbonyl (C=O) groups excluding carboxylic acids is 1. The molecule has 3 aromatic rings. The fourth-order valence-electron chi connectivity index (χ4n) is 2.20. The Labute approximate surface area is 149 Å². The predicted octanol–water partition coefficient (Wildman–Crippen LogP) is 3.82. The summed E-state index contributed by atoms with van der Waals surface area (Å²) in [5.41, 5.74) is 1.43. The minimum Gasteiger partial charge on any atom is -0.401 e. The maximum Gasteiger partial charge on any atom is 0.322 e. The Balaban J connectivity index is 1.70. The normalized spacial score (nSPS) is 11.4. The standard InChI is InChI=1S/C17H16ClN5O2/c1-11(2)23-14(9-10-19-23)16-21-22-17(25-16)20-15(24)8-7-12-5-3-4-6-13(12)18/h3-11H,1-2H3,(H,20,22,24)/b8-7+. The Morgan fingerprint density at radius 2 is 2.08 bits per heavy atom. The van der Waals surface area contributed by atoms with Crippen molar-refractivity contribution in [3.05, 3.63) is 53.2 Å².